The summed E-state index contributed by atoms with van der Waals surface area (Å²) in [4.78, 5) is 31.4. The Hall–Kier alpha value is -3.15. The molecule has 0 spiro atoms. The molecule has 0 N–H and O–H groups in total. The highest BCUT2D eigenvalue weighted by atomic mass is 16.5. The third kappa shape index (κ3) is 4.86. The van der Waals surface area contributed by atoms with Crippen molar-refractivity contribution in [3.8, 4) is 11.1 Å². The molecule has 1 aromatic carbocycles. The van der Waals surface area contributed by atoms with Crippen LogP contribution in [0.4, 0.5) is 5.82 Å². The standard InChI is InChI=1S/C28H34N2O4/c1-5-18(2)9-6-11-20-12-7-10-19(3)26(20)22-17-25(31)34-27-21(22)14-15-24(29-27)30-16-8-13-23(30)28(32)33-4/h7,10,12,14-15,17-18,23H,5-6,8-9,11,13,16H2,1-4H3. The van der Waals surface area contributed by atoms with Crippen molar-refractivity contribution >= 4 is 22.9 Å². The molecule has 0 saturated carbocycles. The molecule has 0 bridgehead atoms. The third-order valence-electron chi connectivity index (χ3n) is 7.08. The number of nitrogens with zero attached hydrogens (tertiary/aromatic N) is 2. The molecule has 180 valence electrons. The zero-order valence-corrected chi connectivity index (χ0v) is 20.6. The van der Waals surface area contributed by atoms with Crippen LogP contribution in [0, 0.1) is 12.8 Å². The molecule has 2 aromatic heterocycles. The number of hydrogen-bond donors (Lipinski definition) is 0. The van der Waals surface area contributed by atoms with Crippen LogP contribution < -0.4 is 10.5 Å². The molecule has 1 aliphatic heterocycles. The van der Waals surface area contributed by atoms with E-state index >= 15 is 0 Å². The summed E-state index contributed by atoms with van der Waals surface area (Å²) in [6, 6.07) is 11.4. The Morgan fingerprint density at radius 2 is 2.12 bits per heavy atom. The second kappa shape index (κ2) is 10.4. The topological polar surface area (TPSA) is 72.6 Å². The van der Waals surface area contributed by atoms with Gasteiger partial charge in [-0.2, -0.15) is 4.98 Å². The maximum Gasteiger partial charge on any atom is 0.338 e. The van der Waals surface area contributed by atoms with E-state index in [1.807, 2.05) is 17.0 Å². The number of benzene rings is 1. The van der Waals surface area contributed by atoms with Crippen molar-refractivity contribution in [1.29, 1.82) is 0 Å². The van der Waals surface area contributed by atoms with Crippen LogP contribution in [-0.2, 0) is 16.0 Å². The van der Waals surface area contributed by atoms with E-state index in [0.717, 1.165) is 47.8 Å². The molecular formula is C28H34N2O4. The van der Waals surface area contributed by atoms with Gasteiger partial charge in [0.1, 0.15) is 11.9 Å². The highest BCUT2D eigenvalue weighted by Crippen LogP contribution is 2.35. The summed E-state index contributed by atoms with van der Waals surface area (Å²) in [5, 5.41) is 0.801. The molecule has 1 saturated heterocycles. The highest BCUT2D eigenvalue weighted by molar-refractivity contribution is 5.94. The molecule has 3 heterocycles. The normalized spacial score (nSPS) is 16.7. The molecule has 34 heavy (non-hydrogen) atoms. The molecule has 0 radical (unpaired) electrons. The Morgan fingerprint density at radius 1 is 1.29 bits per heavy atom. The second-order valence-electron chi connectivity index (χ2n) is 9.39. The number of methoxy groups -OCH3 is 1. The van der Waals surface area contributed by atoms with Crippen molar-refractivity contribution in [1.82, 2.24) is 4.98 Å². The number of fused-ring (bicyclic) bond motifs is 1. The van der Waals surface area contributed by atoms with E-state index in [4.69, 9.17) is 9.15 Å². The van der Waals surface area contributed by atoms with Gasteiger partial charge in [-0.1, -0.05) is 44.9 Å². The number of hydrogen-bond acceptors (Lipinski definition) is 6. The van der Waals surface area contributed by atoms with Crippen LogP contribution >= 0.6 is 0 Å². The van der Waals surface area contributed by atoms with Gasteiger partial charge in [0.15, 0.2) is 0 Å². The molecule has 2 unspecified atom stereocenters. The fraction of sp³-hybridized carbons (Fsp3) is 0.464. The first-order valence-corrected chi connectivity index (χ1v) is 12.3. The summed E-state index contributed by atoms with van der Waals surface area (Å²) in [7, 11) is 1.40. The first kappa shape index (κ1) is 24.0. The van der Waals surface area contributed by atoms with Crippen LogP contribution in [0.1, 0.15) is 57.1 Å². The fourth-order valence-electron chi connectivity index (χ4n) is 4.99. The van der Waals surface area contributed by atoms with Gasteiger partial charge in [0, 0.05) is 23.6 Å². The summed E-state index contributed by atoms with van der Waals surface area (Å²) in [6.07, 6.45) is 6.04. The maximum absolute atomic E-state index is 12.6. The summed E-state index contributed by atoms with van der Waals surface area (Å²) < 4.78 is 10.5. The number of anilines is 1. The summed E-state index contributed by atoms with van der Waals surface area (Å²) in [5.41, 5.74) is 4.18. The molecule has 2 atom stereocenters. The van der Waals surface area contributed by atoms with Crippen molar-refractivity contribution in [2.24, 2.45) is 5.92 Å². The summed E-state index contributed by atoms with van der Waals surface area (Å²) >= 11 is 0. The predicted octanol–water partition coefficient (Wildman–Crippen LogP) is 5.67. The first-order chi connectivity index (χ1) is 16.4. The van der Waals surface area contributed by atoms with E-state index < -0.39 is 5.63 Å². The number of aromatic nitrogens is 1. The minimum absolute atomic E-state index is 0.267. The fourth-order valence-corrected chi connectivity index (χ4v) is 4.99. The quantitative estimate of drug-likeness (QED) is 0.401. The molecule has 6 heteroatoms. The average Bonchev–Trinajstić information content (AvgIpc) is 3.32. The molecule has 0 amide bonds. The molecule has 1 fully saturated rings. The van der Waals surface area contributed by atoms with Crippen LogP contribution in [-0.4, -0.2) is 30.6 Å². The molecule has 0 aliphatic carbocycles. The molecule has 1 aliphatic rings. The Bertz CT molecular complexity index is 1230. The Labute approximate surface area is 200 Å². The number of rotatable bonds is 8. The van der Waals surface area contributed by atoms with Gasteiger partial charge in [0.05, 0.1) is 7.11 Å². The minimum atomic E-state index is -0.424. The molecule has 3 aromatic rings. The number of pyridine rings is 1. The van der Waals surface area contributed by atoms with Gasteiger partial charge < -0.3 is 14.1 Å². The van der Waals surface area contributed by atoms with Crippen LogP contribution in [0.25, 0.3) is 22.2 Å². The van der Waals surface area contributed by atoms with Gasteiger partial charge in [0.2, 0.25) is 5.71 Å². The zero-order valence-electron chi connectivity index (χ0n) is 20.6. The predicted molar refractivity (Wildman–Crippen MR) is 135 cm³/mol. The Kier molecular flexibility index (Phi) is 7.35. The maximum atomic E-state index is 12.6. The lowest BCUT2D eigenvalue weighted by molar-refractivity contribution is -0.141. The SMILES string of the molecule is CCC(C)CCCc1cccc(C)c1-c1cc(=O)oc2nc(N3CCCC3C(=O)OC)ccc12. The summed E-state index contributed by atoms with van der Waals surface area (Å²) in [6.45, 7) is 7.32. The highest BCUT2D eigenvalue weighted by Gasteiger charge is 2.32. The summed E-state index contributed by atoms with van der Waals surface area (Å²) in [5.74, 6) is 1.07. The van der Waals surface area contributed by atoms with Gasteiger partial charge in [-0.25, -0.2) is 9.59 Å². The van der Waals surface area contributed by atoms with Gasteiger partial charge in [-0.05, 0) is 67.3 Å². The number of carbonyl (C=O) groups excluding carboxylic acids is 1. The van der Waals surface area contributed by atoms with Crippen molar-refractivity contribution in [3.63, 3.8) is 0 Å². The number of carbonyl (C=O) groups is 1. The Morgan fingerprint density at radius 3 is 2.88 bits per heavy atom. The van der Waals surface area contributed by atoms with Crippen LogP contribution in [0.3, 0.4) is 0 Å². The monoisotopic (exact) mass is 462 g/mol. The third-order valence-corrected chi connectivity index (χ3v) is 7.08. The van der Waals surface area contributed by atoms with E-state index in [2.05, 4.69) is 44.0 Å². The molecular weight excluding hydrogens is 428 g/mol. The van der Waals surface area contributed by atoms with Crippen molar-refractivity contribution in [2.75, 3.05) is 18.6 Å². The lowest BCUT2D eigenvalue weighted by atomic mass is 9.90. The lowest BCUT2D eigenvalue weighted by Gasteiger charge is -2.23. The van der Waals surface area contributed by atoms with Crippen molar-refractivity contribution in [3.05, 3.63) is 57.9 Å². The van der Waals surface area contributed by atoms with Gasteiger partial charge >= 0.3 is 11.6 Å². The number of esters is 1. The average molecular weight is 463 g/mol. The van der Waals surface area contributed by atoms with Gasteiger partial charge in [-0.15, -0.1) is 0 Å². The van der Waals surface area contributed by atoms with E-state index in [0.29, 0.717) is 24.0 Å². The Balaban J connectivity index is 1.75. The van der Waals surface area contributed by atoms with E-state index in [1.165, 1.54) is 25.5 Å². The van der Waals surface area contributed by atoms with Crippen LogP contribution in [0.5, 0.6) is 0 Å². The second-order valence-corrected chi connectivity index (χ2v) is 9.39. The number of aryl methyl sites for hydroxylation is 2. The number of ether oxygens (including phenoxy) is 1. The van der Waals surface area contributed by atoms with Crippen LogP contribution in [0.2, 0.25) is 0 Å². The smallest absolute Gasteiger partial charge is 0.338 e. The van der Waals surface area contributed by atoms with E-state index in [9.17, 15) is 9.59 Å². The minimum Gasteiger partial charge on any atom is -0.467 e. The van der Waals surface area contributed by atoms with Gasteiger partial charge in [0.25, 0.3) is 0 Å². The largest absolute Gasteiger partial charge is 0.467 e. The van der Waals surface area contributed by atoms with Crippen molar-refractivity contribution in [2.45, 2.75) is 65.3 Å². The van der Waals surface area contributed by atoms with Crippen molar-refractivity contribution < 1.29 is 13.9 Å². The van der Waals surface area contributed by atoms with Gasteiger partial charge in [-0.3, -0.25) is 0 Å². The first-order valence-electron chi connectivity index (χ1n) is 12.3. The van der Waals surface area contributed by atoms with Crippen LogP contribution in [0.15, 0.2) is 45.6 Å². The zero-order chi connectivity index (χ0) is 24.2. The lowest BCUT2D eigenvalue weighted by Crippen LogP contribution is -2.37. The molecule has 6 nitrogen and oxygen atoms in total. The van der Waals surface area contributed by atoms with E-state index in [1.54, 1.807) is 6.07 Å². The molecule has 4 rings (SSSR count). The van der Waals surface area contributed by atoms with E-state index in [-0.39, 0.29) is 12.0 Å².